The molecule has 0 radical (unpaired) electrons. The van der Waals surface area contributed by atoms with Gasteiger partial charge >= 0.3 is 6.18 Å². The Morgan fingerprint density at radius 2 is 1.92 bits per heavy atom. The fraction of sp³-hybridized carbons (Fsp3) is 0.133. The first-order valence-corrected chi connectivity index (χ1v) is 7.23. The predicted octanol–water partition coefficient (Wildman–Crippen LogP) is 1.93. The Morgan fingerprint density at radius 1 is 1.23 bits per heavy atom. The number of alkyl halides is 3. The molecule has 0 saturated carbocycles. The van der Waals surface area contributed by atoms with Crippen LogP contribution in [0.1, 0.15) is 22.0 Å². The van der Waals surface area contributed by atoms with Crippen LogP contribution in [0.2, 0.25) is 0 Å². The van der Waals surface area contributed by atoms with E-state index in [1.807, 2.05) is 5.32 Å². The van der Waals surface area contributed by atoms with E-state index in [4.69, 9.17) is 0 Å². The fourth-order valence-electron chi connectivity index (χ4n) is 2.14. The maximum Gasteiger partial charge on any atom is 0.451 e. The van der Waals surface area contributed by atoms with Crippen LogP contribution in [-0.2, 0) is 6.18 Å². The predicted molar refractivity (Wildman–Crippen MR) is 83.9 cm³/mol. The Labute approximate surface area is 143 Å². The lowest BCUT2D eigenvalue weighted by atomic mass is 10.2. The molecule has 0 aliphatic rings. The van der Waals surface area contributed by atoms with Crippen molar-refractivity contribution in [2.75, 3.05) is 5.32 Å². The number of nitrogens with one attached hydrogen (secondary N) is 2. The number of nitrogens with zero attached hydrogens (tertiary/aromatic N) is 4. The number of aryl methyl sites for hydroxylation is 1. The monoisotopic (exact) mass is 364 g/mol. The summed E-state index contributed by atoms with van der Waals surface area (Å²) in [5, 5.41) is 10.9. The molecule has 2 aromatic heterocycles. The van der Waals surface area contributed by atoms with Crippen molar-refractivity contribution in [2.24, 2.45) is 0 Å². The van der Waals surface area contributed by atoms with Crippen LogP contribution < -0.4 is 10.7 Å². The van der Waals surface area contributed by atoms with Crippen molar-refractivity contribution >= 4 is 11.9 Å². The summed E-state index contributed by atoms with van der Waals surface area (Å²) < 4.78 is 38.9. The van der Waals surface area contributed by atoms with Gasteiger partial charge in [-0.3, -0.25) is 20.0 Å². The maximum atomic E-state index is 12.5. The van der Waals surface area contributed by atoms with Crippen molar-refractivity contribution in [1.82, 2.24) is 25.0 Å². The molecule has 0 fully saturated rings. The largest absolute Gasteiger partial charge is 0.451 e. The number of H-pyrrole nitrogens is 1. The normalized spacial score (nSPS) is 11.4. The van der Waals surface area contributed by atoms with E-state index < -0.39 is 35.0 Å². The molecule has 8 nitrogen and oxygen atoms in total. The van der Waals surface area contributed by atoms with E-state index in [-0.39, 0.29) is 0 Å². The van der Waals surface area contributed by atoms with E-state index >= 15 is 0 Å². The quantitative estimate of drug-likeness (QED) is 0.739. The molecule has 0 aliphatic heterocycles. The van der Waals surface area contributed by atoms with Crippen molar-refractivity contribution in [3.63, 3.8) is 0 Å². The van der Waals surface area contributed by atoms with Gasteiger partial charge in [0.25, 0.3) is 5.91 Å². The van der Waals surface area contributed by atoms with Gasteiger partial charge < -0.3 is 0 Å². The van der Waals surface area contributed by atoms with Gasteiger partial charge in [0.1, 0.15) is 0 Å². The van der Waals surface area contributed by atoms with E-state index in [2.05, 4.69) is 15.2 Å². The first-order chi connectivity index (χ1) is 12.3. The van der Waals surface area contributed by atoms with Crippen LogP contribution in [0.5, 0.6) is 0 Å². The summed E-state index contributed by atoms with van der Waals surface area (Å²) in [7, 11) is 0. The number of hydrogen-bond donors (Lipinski definition) is 2. The van der Waals surface area contributed by atoms with Crippen molar-refractivity contribution < 1.29 is 18.0 Å². The number of amides is 1. The zero-order valence-electron chi connectivity index (χ0n) is 13.2. The summed E-state index contributed by atoms with van der Waals surface area (Å²) in [6.07, 6.45) is -4.74. The molecule has 3 rings (SSSR count). The van der Waals surface area contributed by atoms with Crippen LogP contribution in [0.4, 0.5) is 19.1 Å². The van der Waals surface area contributed by atoms with E-state index in [0.717, 1.165) is 0 Å². The summed E-state index contributed by atoms with van der Waals surface area (Å²) in [5.41, 5.74) is -0.0946. The van der Waals surface area contributed by atoms with Gasteiger partial charge in [0.2, 0.25) is 17.2 Å². The lowest BCUT2D eigenvalue weighted by Gasteiger charge is -2.10. The molecule has 1 amide bonds. The summed E-state index contributed by atoms with van der Waals surface area (Å²) >= 11 is 0. The standard InChI is InChI=1S/C15H11F3N6O2/c1-8-7-10(25)11(23-24(8)9-5-3-2-4-6-9)12(26)19-14-20-13(21-22-14)15(16,17)18/h2-7H,1H3,(H2,19,20,21,22,26). The van der Waals surface area contributed by atoms with Crippen molar-refractivity contribution in [2.45, 2.75) is 13.1 Å². The second kappa shape index (κ2) is 6.43. The van der Waals surface area contributed by atoms with Crippen LogP contribution in [0.25, 0.3) is 5.69 Å². The second-order valence-corrected chi connectivity index (χ2v) is 5.21. The van der Waals surface area contributed by atoms with Gasteiger partial charge in [-0.2, -0.15) is 23.3 Å². The molecule has 2 N–H and O–H groups in total. The smallest absolute Gasteiger partial charge is 0.288 e. The molecule has 26 heavy (non-hydrogen) atoms. The molecule has 2 heterocycles. The molecular formula is C15H11F3N6O2. The minimum absolute atomic E-state index is 0.481. The van der Waals surface area contributed by atoms with Crippen LogP contribution in [0.15, 0.2) is 41.2 Å². The molecule has 0 atom stereocenters. The molecular weight excluding hydrogens is 353 g/mol. The molecule has 0 saturated heterocycles. The number of halogens is 3. The number of para-hydroxylation sites is 1. The van der Waals surface area contributed by atoms with E-state index in [1.54, 1.807) is 42.4 Å². The van der Waals surface area contributed by atoms with E-state index in [0.29, 0.717) is 11.4 Å². The number of rotatable bonds is 3. The third-order valence-corrected chi connectivity index (χ3v) is 3.30. The maximum absolute atomic E-state index is 12.5. The van der Waals surface area contributed by atoms with Gasteiger partial charge in [0.15, 0.2) is 5.69 Å². The highest BCUT2D eigenvalue weighted by Gasteiger charge is 2.35. The molecule has 3 aromatic rings. The molecule has 1 aromatic carbocycles. The van der Waals surface area contributed by atoms with Crippen molar-refractivity contribution in [1.29, 1.82) is 0 Å². The lowest BCUT2D eigenvalue weighted by Crippen LogP contribution is -2.27. The summed E-state index contributed by atoms with van der Waals surface area (Å²) in [4.78, 5) is 27.4. The number of hydrogen-bond acceptors (Lipinski definition) is 5. The first-order valence-electron chi connectivity index (χ1n) is 7.23. The number of aromatic nitrogens is 5. The number of aromatic amines is 1. The van der Waals surface area contributed by atoms with Gasteiger partial charge in [-0.05, 0) is 19.1 Å². The Bertz CT molecular complexity index is 1010. The van der Waals surface area contributed by atoms with Crippen LogP contribution in [0, 0.1) is 6.92 Å². The van der Waals surface area contributed by atoms with Crippen LogP contribution >= 0.6 is 0 Å². The Kier molecular flexibility index (Phi) is 4.28. The van der Waals surface area contributed by atoms with Crippen LogP contribution in [0.3, 0.4) is 0 Å². The summed E-state index contributed by atoms with van der Waals surface area (Å²) in [6, 6.07) is 9.93. The SMILES string of the molecule is Cc1cc(=O)c(C(=O)Nc2n[nH]c(C(F)(F)F)n2)nn1-c1ccccc1. The summed E-state index contributed by atoms with van der Waals surface area (Å²) in [5.74, 6) is -3.01. The molecule has 11 heteroatoms. The average Bonchev–Trinajstić information content (AvgIpc) is 3.04. The Balaban J connectivity index is 1.92. The second-order valence-electron chi connectivity index (χ2n) is 5.21. The Morgan fingerprint density at radius 3 is 2.54 bits per heavy atom. The lowest BCUT2D eigenvalue weighted by molar-refractivity contribution is -0.144. The molecule has 134 valence electrons. The Hall–Kier alpha value is -3.50. The summed E-state index contributed by atoms with van der Waals surface area (Å²) in [6.45, 7) is 1.63. The van der Waals surface area contributed by atoms with Crippen molar-refractivity contribution in [3.05, 3.63) is 63.8 Å². The third kappa shape index (κ3) is 3.45. The number of benzene rings is 1. The van der Waals surface area contributed by atoms with Crippen molar-refractivity contribution in [3.8, 4) is 5.69 Å². The van der Waals surface area contributed by atoms with E-state index in [1.165, 1.54) is 10.7 Å². The third-order valence-electron chi connectivity index (χ3n) is 3.30. The average molecular weight is 364 g/mol. The zero-order valence-corrected chi connectivity index (χ0v) is 13.2. The molecule has 0 aliphatic carbocycles. The van der Waals surface area contributed by atoms with Gasteiger partial charge in [0.05, 0.1) is 5.69 Å². The highest BCUT2D eigenvalue weighted by molar-refractivity contribution is 6.01. The number of carbonyl (C=O) groups excluding carboxylic acids is 1. The minimum atomic E-state index is -4.74. The number of carbonyl (C=O) groups is 1. The van der Waals surface area contributed by atoms with Crippen LogP contribution in [-0.4, -0.2) is 30.9 Å². The molecule has 0 bridgehead atoms. The number of anilines is 1. The highest BCUT2D eigenvalue weighted by atomic mass is 19.4. The molecule has 0 spiro atoms. The van der Waals surface area contributed by atoms with Gasteiger partial charge in [-0.15, -0.1) is 5.10 Å². The fourth-order valence-corrected chi connectivity index (χ4v) is 2.14. The van der Waals surface area contributed by atoms with E-state index in [9.17, 15) is 22.8 Å². The topological polar surface area (TPSA) is 106 Å². The zero-order chi connectivity index (χ0) is 18.9. The van der Waals surface area contributed by atoms with Gasteiger partial charge in [0, 0.05) is 11.8 Å². The van der Waals surface area contributed by atoms with Gasteiger partial charge in [-0.25, -0.2) is 4.68 Å². The molecule has 0 unspecified atom stereocenters. The highest BCUT2D eigenvalue weighted by Crippen LogP contribution is 2.26. The van der Waals surface area contributed by atoms with Gasteiger partial charge in [-0.1, -0.05) is 18.2 Å². The minimum Gasteiger partial charge on any atom is -0.288 e. The first kappa shape index (κ1) is 17.3.